The third kappa shape index (κ3) is 5.55. The molecule has 0 spiro atoms. The molecule has 2 aliphatic rings. The number of nitrogens with zero attached hydrogens (tertiary/aromatic N) is 2. The van der Waals surface area contributed by atoms with Gasteiger partial charge in [-0.15, -0.1) is 24.8 Å². The van der Waals surface area contributed by atoms with Gasteiger partial charge in [0, 0.05) is 31.9 Å². The van der Waals surface area contributed by atoms with Crippen molar-refractivity contribution in [3.8, 4) is 0 Å². The molecule has 1 aromatic carbocycles. The number of amides is 1. The molecule has 1 amide bonds. The van der Waals surface area contributed by atoms with E-state index in [0.717, 1.165) is 38.6 Å². The van der Waals surface area contributed by atoms with E-state index in [2.05, 4.69) is 41.4 Å². The van der Waals surface area contributed by atoms with E-state index in [4.69, 9.17) is 0 Å². The van der Waals surface area contributed by atoms with Crippen LogP contribution in [0.5, 0.6) is 0 Å². The minimum absolute atomic E-state index is 0. The summed E-state index contributed by atoms with van der Waals surface area (Å²) in [6.45, 7) is 7.18. The van der Waals surface area contributed by atoms with Crippen LogP contribution in [-0.4, -0.2) is 50.1 Å². The Morgan fingerprint density at radius 3 is 2.39 bits per heavy atom. The van der Waals surface area contributed by atoms with Gasteiger partial charge in [0.05, 0.1) is 6.54 Å². The molecule has 1 saturated heterocycles. The summed E-state index contributed by atoms with van der Waals surface area (Å²) in [5.74, 6) is 1.08. The number of halogens is 2. The van der Waals surface area contributed by atoms with Crippen LogP contribution in [0, 0.1) is 12.8 Å². The number of carbonyl (C=O) groups excluding carboxylic acids is 1. The highest BCUT2D eigenvalue weighted by Crippen LogP contribution is 2.27. The molecule has 3 rings (SSSR count). The van der Waals surface area contributed by atoms with Crippen molar-refractivity contribution in [1.29, 1.82) is 0 Å². The fraction of sp³-hybridized carbons (Fsp3) is 0.588. The molecule has 1 aliphatic heterocycles. The van der Waals surface area contributed by atoms with Gasteiger partial charge in [-0.05, 0) is 43.9 Å². The number of aryl methyl sites for hydroxylation is 1. The van der Waals surface area contributed by atoms with Crippen LogP contribution in [-0.2, 0) is 4.79 Å². The van der Waals surface area contributed by atoms with E-state index in [1.807, 2.05) is 4.90 Å². The van der Waals surface area contributed by atoms with E-state index in [-0.39, 0.29) is 30.7 Å². The lowest BCUT2D eigenvalue weighted by molar-refractivity contribution is -0.130. The molecule has 1 aliphatic carbocycles. The van der Waals surface area contributed by atoms with Crippen LogP contribution in [0.15, 0.2) is 24.3 Å². The van der Waals surface area contributed by atoms with Crippen molar-refractivity contribution in [1.82, 2.24) is 10.2 Å². The van der Waals surface area contributed by atoms with E-state index in [1.54, 1.807) is 0 Å². The fourth-order valence-electron chi connectivity index (χ4n) is 2.93. The van der Waals surface area contributed by atoms with Gasteiger partial charge in [0.25, 0.3) is 0 Å². The SMILES string of the molecule is Cc1ccccc1N1CCN(C(=O)CNCC2CC2)CC1.Cl.Cl. The van der Waals surface area contributed by atoms with Crippen LogP contribution in [0.4, 0.5) is 5.69 Å². The number of benzene rings is 1. The van der Waals surface area contributed by atoms with Crippen molar-refractivity contribution >= 4 is 36.4 Å². The highest BCUT2D eigenvalue weighted by molar-refractivity contribution is 5.85. The highest BCUT2D eigenvalue weighted by atomic mass is 35.5. The molecule has 0 radical (unpaired) electrons. The summed E-state index contributed by atoms with van der Waals surface area (Å²) in [7, 11) is 0. The Morgan fingerprint density at radius 1 is 1.13 bits per heavy atom. The lowest BCUT2D eigenvalue weighted by Crippen LogP contribution is -2.51. The normalized spacial score (nSPS) is 17.3. The monoisotopic (exact) mass is 359 g/mol. The molecule has 23 heavy (non-hydrogen) atoms. The van der Waals surface area contributed by atoms with Crippen molar-refractivity contribution < 1.29 is 4.79 Å². The smallest absolute Gasteiger partial charge is 0.236 e. The van der Waals surface area contributed by atoms with Gasteiger partial charge in [0.1, 0.15) is 0 Å². The molecule has 2 fully saturated rings. The molecule has 1 saturated carbocycles. The van der Waals surface area contributed by atoms with E-state index < -0.39 is 0 Å². The molecule has 6 heteroatoms. The Labute approximate surface area is 151 Å². The van der Waals surface area contributed by atoms with Crippen LogP contribution in [0.3, 0.4) is 0 Å². The Bertz CT molecular complexity index is 500. The van der Waals surface area contributed by atoms with Crippen molar-refractivity contribution in [3.63, 3.8) is 0 Å². The van der Waals surface area contributed by atoms with E-state index >= 15 is 0 Å². The summed E-state index contributed by atoms with van der Waals surface area (Å²) in [4.78, 5) is 16.5. The summed E-state index contributed by atoms with van der Waals surface area (Å²) < 4.78 is 0. The van der Waals surface area contributed by atoms with Gasteiger partial charge >= 0.3 is 0 Å². The summed E-state index contributed by atoms with van der Waals surface area (Å²) in [6.07, 6.45) is 2.66. The maximum absolute atomic E-state index is 12.2. The van der Waals surface area contributed by atoms with Crippen molar-refractivity contribution in [2.45, 2.75) is 19.8 Å². The number of piperazine rings is 1. The molecule has 1 heterocycles. The Morgan fingerprint density at radius 2 is 1.78 bits per heavy atom. The third-order valence-corrected chi connectivity index (χ3v) is 4.49. The zero-order valence-corrected chi connectivity index (χ0v) is 15.3. The molecular weight excluding hydrogens is 333 g/mol. The molecule has 0 bridgehead atoms. The summed E-state index contributed by atoms with van der Waals surface area (Å²) in [5.41, 5.74) is 2.61. The Hall–Kier alpha value is -0.970. The first-order valence-electron chi connectivity index (χ1n) is 8.03. The maximum atomic E-state index is 12.2. The number of para-hydroxylation sites is 1. The first-order chi connectivity index (χ1) is 10.2. The number of carbonyl (C=O) groups is 1. The highest BCUT2D eigenvalue weighted by Gasteiger charge is 2.23. The largest absolute Gasteiger partial charge is 0.368 e. The third-order valence-electron chi connectivity index (χ3n) is 4.49. The topological polar surface area (TPSA) is 35.6 Å². The molecule has 0 aromatic heterocycles. The molecule has 130 valence electrons. The van der Waals surface area contributed by atoms with Crippen LogP contribution in [0.2, 0.25) is 0 Å². The molecular formula is C17H27Cl2N3O. The van der Waals surface area contributed by atoms with E-state index in [0.29, 0.717) is 6.54 Å². The second kappa shape index (κ2) is 9.36. The van der Waals surface area contributed by atoms with Crippen LogP contribution >= 0.6 is 24.8 Å². The first-order valence-corrected chi connectivity index (χ1v) is 8.03. The molecule has 4 nitrogen and oxygen atoms in total. The quantitative estimate of drug-likeness (QED) is 0.876. The second-order valence-corrected chi connectivity index (χ2v) is 6.23. The van der Waals surface area contributed by atoms with E-state index in [1.165, 1.54) is 24.1 Å². The maximum Gasteiger partial charge on any atom is 0.236 e. The fourth-order valence-corrected chi connectivity index (χ4v) is 2.93. The number of rotatable bonds is 5. The zero-order chi connectivity index (χ0) is 14.7. The second-order valence-electron chi connectivity index (χ2n) is 6.23. The van der Waals surface area contributed by atoms with Crippen molar-refractivity contribution in [2.75, 3.05) is 44.2 Å². The van der Waals surface area contributed by atoms with Gasteiger partial charge in [-0.1, -0.05) is 18.2 Å². The summed E-state index contributed by atoms with van der Waals surface area (Å²) >= 11 is 0. The summed E-state index contributed by atoms with van der Waals surface area (Å²) in [5, 5.41) is 3.29. The van der Waals surface area contributed by atoms with Gasteiger partial charge in [-0.3, -0.25) is 4.79 Å². The molecule has 0 atom stereocenters. The lowest BCUT2D eigenvalue weighted by Gasteiger charge is -2.36. The van der Waals surface area contributed by atoms with Gasteiger partial charge in [0.2, 0.25) is 5.91 Å². The first kappa shape index (κ1) is 20.1. The number of hydrogen-bond donors (Lipinski definition) is 1. The zero-order valence-electron chi connectivity index (χ0n) is 13.7. The predicted octanol–water partition coefficient (Wildman–Crippen LogP) is 2.49. The lowest BCUT2D eigenvalue weighted by atomic mass is 10.1. The molecule has 1 N–H and O–H groups in total. The average molecular weight is 360 g/mol. The standard InChI is InChI=1S/C17H25N3O.2ClH/c1-14-4-2-3-5-16(14)19-8-10-20(11-9-19)17(21)13-18-12-15-6-7-15;;/h2-5,15,18H,6-13H2,1H3;2*1H. The van der Waals surface area contributed by atoms with Crippen LogP contribution < -0.4 is 10.2 Å². The Balaban J connectivity index is 0.00000132. The van der Waals surface area contributed by atoms with Crippen molar-refractivity contribution in [3.05, 3.63) is 29.8 Å². The Kier molecular flexibility index (Phi) is 8.17. The number of hydrogen-bond acceptors (Lipinski definition) is 3. The number of nitrogens with one attached hydrogen (secondary N) is 1. The van der Waals surface area contributed by atoms with E-state index in [9.17, 15) is 4.79 Å². The van der Waals surface area contributed by atoms with Crippen LogP contribution in [0.1, 0.15) is 18.4 Å². The minimum Gasteiger partial charge on any atom is -0.368 e. The predicted molar refractivity (Wildman–Crippen MR) is 100 cm³/mol. The summed E-state index contributed by atoms with van der Waals surface area (Å²) in [6, 6.07) is 8.48. The average Bonchev–Trinajstić information content (AvgIpc) is 3.32. The molecule has 0 unspecified atom stereocenters. The van der Waals surface area contributed by atoms with Gasteiger partial charge < -0.3 is 15.1 Å². The van der Waals surface area contributed by atoms with Gasteiger partial charge in [-0.25, -0.2) is 0 Å². The van der Waals surface area contributed by atoms with Gasteiger partial charge in [0.15, 0.2) is 0 Å². The van der Waals surface area contributed by atoms with Crippen molar-refractivity contribution in [2.24, 2.45) is 5.92 Å². The minimum atomic E-state index is 0. The van der Waals surface area contributed by atoms with Gasteiger partial charge in [-0.2, -0.15) is 0 Å². The molecule has 1 aromatic rings. The van der Waals surface area contributed by atoms with Crippen LogP contribution in [0.25, 0.3) is 0 Å². The number of anilines is 1.